The van der Waals surface area contributed by atoms with Crippen molar-refractivity contribution in [2.24, 2.45) is 5.10 Å². The highest BCUT2D eigenvalue weighted by atomic mass is 16.5. The van der Waals surface area contributed by atoms with E-state index in [2.05, 4.69) is 48.6 Å². The zero-order chi connectivity index (χ0) is 21.3. The summed E-state index contributed by atoms with van der Waals surface area (Å²) in [5.41, 5.74) is 7.71. The Kier molecular flexibility index (Phi) is 7.39. The van der Waals surface area contributed by atoms with Crippen LogP contribution >= 0.6 is 0 Å². The molecule has 0 aliphatic heterocycles. The quantitative estimate of drug-likeness (QED) is 0.384. The first kappa shape index (κ1) is 21.3. The molecule has 0 aliphatic rings. The van der Waals surface area contributed by atoms with Crippen LogP contribution in [0.3, 0.4) is 0 Å². The molecule has 1 N–H and O–H groups in total. The molecule has 1 atom stereocenters. The van der Waals surface area contributed by atoms with Crippen molar-refractivity contribution >= 4 is 11.6 Å². The van der Waals surface area contributed by atoms with Crippen LogP contribution < -0.4 is 10.2 Å². The molecule has 4 heteroatoms. The molecule has 3 aromatic rings. The Morgan fingerprint density at radius 3 is 2.27 bits per heavy atom. The highest BCUT2D eigenvalue weighted by molar-refractivity contribution is 5.99. The summed E-state index contributed by atoms with van der Waals surface area (Å²) in [7, 11) is 0. The molecule has 0 heterocycles. The van der Waals surface area contributed by atoms with Gasteiger partial charge in [0, 0.05) is 0 Å². The second kappa shape index (κ2) is 10.4. The van der Waals surface area contributed by atoms with E-state index in [9.17, 15) is 4.79 Å². The zero-order valence-corrected chi connectivity index (χ0v) is 17.8. The molecular formula is C26H28N2O2. The minimum Gasteiger partial charge on any atom is -0.483 e. The van der Waals surface area contributed by atoms with Gasteiger partial charge in [0.2, 0.25) is 0 Å². The maximum Gasteiger partial charge on any atom is 0.277 e. The molecule has 1 unspecified atom stereocenters. The summed E-state index contributed by atoms with van der Waals surface area (Å²) in [5, 5.41) is 4.22. The molecule has 0 fully saturated rings. The average molecular weight is 401 g/mol. The number of para-hydroxylation sites is 1. The predicted octanol–water partition coefficient (Wildman–Crippen LogP) is 5.79. The number of benzene rings is 3. The number of hydrogen-bond acceptors (Lipinski definition) is 3. The monoisotopic (exact) mass is 400 g/mol. The van der Waals surface area contributed by atoms with Gasteiger partial charge in [-0.05, 0) is 47.6 Å². The molecule has 0 saturated carbocycles. The summed E-state index contributed by atoms with van der Waals surface area (Å²) in [6.07, 6.45) is 1.01. The van der Waals surface area contributed by atoms with Gasteiger partial charge in [-0.1, -0.05) is 86.6 Å². The van der Waals surface area contributed by atoms with E-state index in [1.807, 2.05) is 61.5 Å². The fraction of sp³-hybridized carbons (Fsp3) is 0.231. The van der Waals surface area contributed by atoms with Crippen LogP contribution in [0.4, 0.5) is 0 Å². The van der Waals surface area contributed by atoms with E-state index in [0.717, 1.165) is 34.6 Å². The van der Waals surface area contributed by atoms with Crippen molar-refractivity contribution in [1.82, 2.24) is 5.43 Å². The molecule has 3 aromatic carbocycles. The lowest BCUT2D eigenvalue weighted by Gasteiger charge is -2.15. The van der Waals surface area contributed by atoms with E-state index in [-0.39, 0.29) is 12.5 Å². The van der Waals surface area contributed by atoms with Gasteiger partial charge in [0.1, 0.15) is 5.75 Å². The Morgan fingerprint density at radius 1 is 0.933 bits per heavy atom. The molecule has 0 radical (unpaired) electrons. The molecule has 0 saturated heterocycles. The maximum absolute atomic E-state index is 12.2. The molecule has 3 rings (SSSR count). The first-order valence-corrected chi connectivity index (χ1v) is 10.3. The largest absolute Gasteiger partial charge is 0.483 e. The number of nitrogens with zero attached hydrogens (tertiary/aromatic N) is 1. The van der Waals surface area contributed by atoms with E-state index in [1.54, 1.807) is 0 Å². The van der Waals surface area contributed by atoms with E-state index in [0.29, 0.717) is 5.92 Å². The molecule has 30 heavy (non-hydrogen) atoms. The third-order valence-corrected chi connectivity index (χ3v) is 5.18. The summed E-state index contributed by atoms with van der Waals surface area (Å²) >= 11 is 0. The third kappa shape index (κ3) is 5.57. The highest BCUT2D eigenvalue weighted by Gasteiger charge is 2.11. The van der Waals surface area contributed by atoms with Crippen molar-refractivity contribution < 1.29 is 9.53 Å². The van der Waals surface area contributed by atoms with Crippen LogP contribution in [0.25, 0.3) is 11.1 Å². The SMILES string of the molecule is CCC(C)c1ccccc1OCC(=O)N/N=C(\C)c1ccc(-c2ccccc2)cc1. The Morgan fingerprint density at radius 2 is 1.57 bits per heavy atom. The minimum absolute atomic E-state index is 0.0722. The molecule has 154 valence electrons. The maximum atomic E-state index is 12.2. The van der Waals surface area contributed by atoms with Gasteiger partial charge in [-0.3, -0.25) is 4.79 Å². The molecule has 4 nitrogen and oxygen atoms in total. The van der Waals surface area contributed by atoms with E-state index in [1.165, 1.54) is 5.56 Å². The van der Waals surface area contributed by atoms with Crippen molar-refractivity contribution in [3.63, 3.8) is 0 Å². The van der Waals surface area contributed by atoms with Gasteiger partial charge in [-0.2, -0.15) is 5.10 Å². The predicted molar refractivity (Wildman–Crippen MR) is 123 cm³/mol. The number of amides is 1. The van der Waals surface area contributed by atoms with Gasteiger partial charge < -0.3 is 4.74 Å². The number of rotatable bonds is 8. The highest BCUT2D eigenvalue weighted by Crippen LogP contribution is 2.28. The van der Waals surface area contributed by atoms with E-state index >= 15 is 0 Å². The Hall–Kier alpha value is -3.40. The van der Waals surface area contributed by atoms with Crippen LogP contribution in [0, 0.1) is 0 Å². The summed E-state index contributed by atoms with van der Waals surface area (Å²) in [6.45, 7) is 6.09. The zero-order valence-electron chi connectivity index (χ0n) is 17.8. The second-order valence-corrected chi connectivity index (χ2v) is 7.31. The first-order valence-electron chi connectivity index (χ1n) is 10.3. The smallest absolute Gasteiger partial charge is 0.277 e. The molecule has 0 bridgehead atoms. The molecule has 1 amide bonds. The number of carbonyl (C=O) groups is 1. The van der Waals surface area contributed by atoms with E-state index < -0.39 is 0 Å². The lowest BCUT2D eigenvalue weighted by atomic mass is 9.98. The Bertz CT molecular complexity index is 995. The summed E-state index contributed by atoms with van der Waals surface area (Å²) in [5.74, 6) is 0.844. The Balaban J connectivity index is 1.57. The van der Waals surface area contributed by atoms with Crippen LogP contribution in [-0.4, -0.2) is 18.2 Å². The van der Waals surface area contributed by atoms with Crippen molar-refractivity contribution in [3.05, 3.63) is 90.0 Å². The standard InChI is InChI=1S/C26H28N2O2/c1-4-19(2)24-12-8-9-13-25(24)30-18-26(29)28-27-20(3)21-14-16-23(17-15-21)22-10-6-5-7-11-22/h5-17,19H,4,18H2,1-3H3,(H,28,29)/b27-20+. The van der Waals surface area contributed by atoms with Crippen LogP contribution in [0.5, 0.6) is 5.75 Å². The number of carbonyl (C=O) groups excluding carboxylic acids is 1. The molecular weight excluding hydrogens is 372 g/mol. The number of nitrogens with one attached hydrogen (secondary N) is 1. The van der Waals surface area contributed by atoms with Gasteiger partial charge in [0.15, 0.2) is 6.61 Å². The van der Waals surface area contributed by atoms with Crippen molar-refractivity contribution in [3.8, 4) is 16.9 Å². The number of hydrazone groups is 1. The number of hydrogen-bond donors (Lipinski definition) is 1. The van der Waals surface area contributed by atoms with Crippen molar-refractivity contribution in [2.45, 2.75) is 33.1 Å². The van der Waals surface area contributed by atoms with E-state index in [4.69, 9.17) is 4.74 Å². The number of ether oxygens (including phenoxy) is 1. The van der Waals surface area contributed by atoms with Crippen LogP contribution in [0.2, 0.25) is 0 Å². The average Bonchev–Trinajstić information content (AvgIpc) is 2.81. The van der Waals surface area contributed by atoms with Gasteiger partial charge in [0.25, 0.3) is 5.91 Å². The lowest BCUT2D eigenvalue weighted by molar-refractivity contribution is -0.123. The van der Waals surface area contributed by atoms with Crippen LogP contribution in [-0.2, 0) is 4.79 Å². The summed E-state index contributed by atoms with van der Waals surface area (Å²) in [6, 6.07) is 26.2. The first-order chi connectivity index (χ1) is 14.6. The van der Waals surface area contributed by atoms with Gasteiger partial charge >= 0.3 is 0 Å². The Labute approximate surface area is 178 Å². The summed E-state index contributed by atoms with van der Waals surface area (Å²) in [4.78, 5) is 12.2. The van der Waals surface area contributed by atoms with Gasteiger partial charge in [-0.25, -0.2) is 5.43 Å². The van der Waals surface area contributed by atoms with Crippen molar-refractivity contribution in [2.75, 3.05) is 6.61 Å². The molecule has 0 spiro atoms. The van der Waals surface area contributed by atoms with Gasteiger partial charge in [0.05, 0.1) is 5.71 Å². The second-order valence-electron chi connectivity index (χ2n) is 7.31. The lowest BCUT2D eigenvalue weighted by Crippen LogP contribution is -2.26. The topological polar surface area (TPSA) is 50.7 Å². The van der Waals surface area contributed by atoms with Crippen LogP contribution in [0.1, 0.15) is 44.2 Å². The molecule has 0 aliphatic carbocycles. The minimum atomic E-state index is -0.283. The third-order valence-electron chi connectivity index (χ3n) is 5.18. The van der Waals surface area contributed by atoms with Crippen LogP contribution in [0.15, 0.2) is 84.0 Å². The fourth-order valence-corrected chi connectivity index (χ4v) is 3.16. The molecule has 0 aromatic heterocycles. The normalized spacial score (nSPS) is 12.3. The fourth-order valence-electron chi connectivity index (χ4n) is 3.16. The van der Waals surface area contributed by atoms with Gasteiger partial charge in [-0.15, -0.1) is 0 Å². The summed E-state index contributed by atoms with van der Waals surface area (Å²) < 4.78 is 5.74. The van der Waals surface area contributed by atoms with Crippen molar-refractivity contribution in [1.29, 1.82) is 0 Å².